The lowest BCUT2D eigenvalue weighted by Crippen LogP contribution is -2.26. The van der Waals surface area contributed by atoms with Gasteiger partial charge in [-0.05, 0) is 12.0 Å². The maximum absolute atomic E-state index is 11.5. The van der Waals surface area contributed by atoms with E-state index in [0.717, 1.165) is 6.42 Å². The van der Waals surface area contributed by atoms with Gasteiger partial charge in [0.2, 0.25) is 0 Å². The van der Waals surface area contributed by atoms with Crippen LogP contribution in [0.15, 0.2) is 37.0 Å². The Morgan fingerprint density at radius 1 is 1.19 bits per heavy atom. The van der Waals surface area contributed by atoms with Crippen molar-refractivity contribution >= 4 is 5.91 Å². The molecule has 0 aromatic heterocycles. The molecule has 1 amide bonds. The third-order valence-corrected chi connectivity index (χ3v) is 2.47. The first-order chi connectivity index (χ1) is 7.63. The highest BCUT2D eigenvalue weighted by molar-refractivity contribution is 5.97. The van der Waals surface area contributed by atoms with Crippen LogP contribution in [0.2, 0.25) is 0 Å². The number of nitrogens with one attached hydrogen (secondary N) is 1. The SMILES string of the molecule is C=CC(=C)C(=C)C(=O)NCCCCCCC. The minimum absolute atomic E-state index is 0.139. The first-order valence-electron chi connectivity index (χ1n) is 5.92. The summed E-state index contributed by atoms with van der Waals surface area (Å²) in [6.07, 6.45) is 7.49. The van der Waals surface area contributed by atoms with Crippen LogP contribution in [0.3, 0.4) is 0 Å². The number of hydrogen-bond acceptors (Lipinski definition) is 1. The molecule has 0 aromatic carbocycles. The summed E-state index contributed by atoms with van der Waals surface area (Å²) in [5.41, 5.74) is 0.993. The molecule has 2 nitrogen and oxygen atoms in total. The fraction of sp³-hybridized carbons (Fsp3) is 0.500. The molecule has 0 heterocycles. The number of hydrogen-bond donors (Lipinski definition) is 1. The molecular weight excluding hydrogens is 198 g/mol. The van der Waals surface area contributed by atoms with Gasteiger partial charge in [0.15, 0.2) is 0 Å². The van der Waals surface area contributed by atoms with E-state index >= 15 is 0 Å². The van der Waals surface area contributed by atoms with Crippen LogP contribution in [0.25, 0.3) is 0 Å². The third kappa shape index (κ3) is 6.23. The number of unbranched alkanes of at least 4 members (excludes halogenated alkanes) is 4. The molecule has 0 aromatic rings. The van der Waals surface area contributed by atoms with E-state index in [0.29, 0.717) is 17.7 Å². The zero-order chi connectivity index (χ0) is 12.4. The number of amides is 1. The van der Waals surface area contributed by atoms with Crippen molar-refractivity contribution in [2.24, 2.45) is 0 Å². The Bertz CT molecular complexity index is 266. The molecule has 0 saturated carbocycles. The van der Waals surface area contributed by atoms with Crippen molar-refractivity contribution in [2.75, 3.05) is 6.54 Å². The van der Waals surface area contributed by atoms with Crippen molar-refractivity contribution in [3.63, 3.8) is 0 Å². The van der Waals surface area contributed by atoms with Gasteiger partial charge in [0, 0.05) is 12.1 Å². The molecule has 0 bridgehead atoms. The van der Waals surface area contributed by atoms with Crippen LogP contribution in [0.1, 0.15) is 39.0 Å². The zero-order valence-corrected chi connectivity index (χ0v) is 10.3. The Morgan fingerprint density at radius 3 is 2.38 bits per heavy atom. The van der Waals surface area contributed by atoms with E-state index < -0.39 is 0 Å². The van der Waals surface area contributed by atoms with Crippen LogP contribution < -0.4 is 5.32 Å². The van der Waals surface area contributed by atoms with Crippen LogP contribution in [-0.4, -0.2) is 12.5 Å². The molecule has 0 spiro atoms. The molecule has 0 atom stereocenters. The maximum Gasteiger partial charge on any atom is 0.251 e. The van der Waals surface area contributed by atoms with Gasteiger partial charge >= 0.3 is 0 Å². The van der Waals surface area contributed by atoms with Gasteiger partial charge in [0.1, 0.15) is 0 Å². The van der Waals surface area contributed by atoms with Crippen molar-refractivity contribution in [3.8, 4) is 0 Å². The van der Waals surface area contributed by atoms with E-state index in [1.54, 1.807) is 6.08 Å². The minimum Gasteiger partial charge on any atom is -0.352 e. The van der Waals surface area contributed by atoms with Gasteiger partial charge in [-0.1, -0.05) is 58.4 Å². The second kappa shape index (κ2) is 8.96. The Balaban J connectivity index is 3.62. The molecule has 90 valence electrons. The maximum atomic E-state index is 11.5. The molecule has 0 aliphatic heterocycles. The fourth-order valence-corrected chi connectivity index (χ4v) is 1.31. The molecule has 0 rings (SSSR count). The summed E-state index contributed by atoms with van der Waals surface area (Å²) < 4.78 is 0. The lowest BCUT2D eigenvalue weighted by molar-refractivity contribution is -0.117. The summed E-state index contributed by atoms with van der Waals surface area (Å²) in [4.78, 5) is 11.5. The summed E-state index contributed by atoms with van der Waals surface area (Å²) in [6, 6.07) is 0. The second-order valence-corrected chi connectivity index (χ2v) is 3.88. The van der Waals surface area contributed by atoms with Crippen LogP contribution in [0.4, 0.5) is 0 Å². The predicted molar refractivity (Wildman–Crippen MR) is 70.2 cm³/mol. The van der Waals surface area contributed by atoms with E-state index in [2.05, 4.69) is 32.0 Å². The van der Waals surface area contributed by atoms with Gasteiger partial charge in [-0.2, -0.15) is 0 Å². The van der Waals surface area contributed by atoms with E-state index in [1.165, 1.54) is 25.7 Å². The molecule has 0 saturated heterocycles. The normalized spacial score (nSPS) is 9.56. The first kappa shape index (κ1) is 14.7. The van der Waals surface area contributed by atoms with Crippen molar-refractivity contribution in [2.45, 2.75) is 39.0 Å². The standard InChI is InChI=1S/C14H23NO/c1-5-7-8-9-10-11-15-14(16)13(4)12(3)6-2/h6H,2-5,7-11H2,1H3,(H,15,16). The summed E-state index contributed by atoms with van der Waals surface area (Å²) in [5, 5.41) is 2.83. The molecule has 0 fully saturated rings. The largest absolute Gasteiger partial charge is 0.352 e. The van der Waals surface area contributed by atoms with Gasteiger partial charge in [-0.25, -0.2) is 0 Å². The molecular formula is C14H23NO. The molecule has 0 radical (unpaired) electrons. The number of allylic oxidation sites excluding steroid dienone is 1. The molecule has 0 unspecified atom stereocenters. The lowest BCUT2D eigenvalue weighted by atomic mass is 10.1. The average Bonchev–Trinajstić information content (AvgIpc) is 2.31. The van der Waals surface area contributed by atoms with Gasteiger partial charge in [0.05, 0.1) is 0 Å². The number of carbonyl (C=O) groups excluding carboxylic acids is 1. The van der Waals surface area contributed by atoms with Crippen molar-refractivity contribution < 1.29 is 4.79 Å². The second-order valence-electron chi connectivity index (χ2n) is 3.88. The average molecular weight is 221 g/mol. The highest BCUT2D eigenvalue weighted by Crippen LogP contribution is 2.06. The Hall–Kier alpha value is -1.31. The molecule has 1 N–H and O–H groups in total. The monoisotopic (exact) mass is 221 g/mol. The van der Waals surface area contributed by atoms with Gasteiger partial charge in [-0.15, -0.1) is 0 Å². The predicted octanol–water partition coefficient (Wildman–Crippen LogP) is 3.37. The van der Waals surface area contributed by atoms with Crippen LogP contribution in [0, 0.1) is 0 Å². The smallest absolute Gasteiger partial charge is 0.251 e. The van der Waals surface area contributed by atoms with E-state index in [4.69, 9.17) is 0 Å². The van der Waals surface area contributed by atoms with Crippen molar-refractivity contribution in [3.05, 3.63) is 37.0 Å². The number of carbonyl (C=O) groups is 1. The molecule has 16 heavy (non-hydrogen) atoms. The highest BCUT2D eigenvalue weighted by atomic mass is 16.1. The summed E-state index contributed by atoms with van der Waals surface area (Å²) in [7, 11) is 0. The summed E-state index contributed by atoms with van der Waals surface area (Å²) in [5.74, 6) is -0.139. The molecule has 0 aliphatic rings. The van der Waals surface area contributed by atoms with E-state index in [9.17, 15) is 4.79 Å². The van der Waals surface area contributed by atoms with Crippen molar-refractivity contribution in [1.82, 2.24) is 5.32 Å². The summed E-state index contributed by atoms with van der Waals surface area (Å²) >= 11 is 0. The first-order valence-corrected chi connectivity index (χ1v) is 5.92. The van der Waals surface area contributed by atoms with Crippen LogP contribution in [-0.2, 0) is 4.79 Å². The van der Waals surface area contributed by atoms with Gasteiger partial charge in [-0.3, -0.25) is 4.79 Å². The third-order valence-electron chi connectivity index (χ3n) is 2.47. The van der Waals surface area contributed by atoms with Crippen molar-refractivity contribution in [1.29, 1.82) is 0 Å². The highest BCUT2D eigenvalue weighted by Gasteiger charge is 2.06. The lowest BCUT2D eigenvalue weighted by Gasteiger charge is -2.07. The van der Waals surface area contributed by atoms with Gasteiger partial charge in [0.25, 0.3) is 5.91 Å². The fourth-order valence-electron chi connectivity index (χ4n) is 1.31. The molecule has 0 aliphatic carbocycles. The van der Waals surface area contributed by atoms with Crippen LogP contribution in [0.5, 0.6) is 0 Å². The van der Waals surface area contributed by atoms with E-state index in [-0.39, 0.29) is 5.91 Å². The topological polar surface area (TPSA) is 29.1 Å². The molecule has 2 heteroatoms. The Morgan fingerprint density at radius 2 is 1.81 bits per heavy atom. The van der Waals surface area contributed by atoms with E-state index in [1.807, 2.05) is 0 Å². The Kier molecular flexibility index (Phi) is 8.22. The minimum atomic E-state index is -0.139. The quantitative estimate of drug-likeness (QED) is 0.361. The van der Waals surface area contributed by atoms with Gasteiger partial charge < -0.3 is 5.32 Å². The Labute approximate surface area is 99.1 Å². The van der Waals surface area contributed by atoms with Crippen LogP contribution >= 0.6 is 0 Å². The zero-order valence-electron chi connectivity index (χ0n) is 10.3. The summed E-state index contributed by atoms with van der Waals surface area (Å²) in [6.45, 7) is 13.8. The number of rotatable bonds is 9.